The van der Waals surface area contributed by atoms with E-state index in [1.165, 1.54) is 43.5 Å². The monoisotopic (exact) mass is 394 g/mol. The highest BCUT2D eigenvalue weighted by molar-refractivity contribution is 6.05. The van der Waals surface area contributed by atoms with E-state index < -0.39 is 29.5 Å². The van der Waals surface area contributed by atoms with Gasteiger partial charge in [0, 0.05) is 23.4 Å². The lowest BCUT2D eigenvalue weighted by Gasteiger charge is -2.11. The Hall–Kier alpha value is -3.36. The van der Waals surface area contributed by atoms with E-state index in [9.17, 15) is 27.6 Å². The average molecular weight is 394 g/mol. The largest absolute Gasteiger partial charge is 0.469 e. The van der Waals surface area contributed by atoms with E-state index in [1.807, 2.05) is 0 Å². The first-order chi connectivity index (χ1) is 13.2. The second-order valence-corrected chi connectivity index (χ2v) is 5.74. The van der Waals surface area contributed by atoms with Crippen molar-refractivity contribution in [2.24, 2.45) is 0 Å². The van der Waals surface area contributed by atoms with Gasteiger partial charge in [0.2, 0.25) is 5.91 Å². The molecule has 0 saturated carbocycles. The highest BCUT2D eigenvalue weighted by Gasteiger charge is 2.30. The van der Waals surface area contributed by atoms with Gasteiger partial charge in [-0.15, -0.1) is 0 Å². The minimum atomic E-state index is -4.52. The summed E-state index contributed by atoms with van der Waals surface area (Å²) >= 11 is 0. The fourth-order valence-electron chi connectivity index (χ4n) is 2.26. The van der Waals surface area contributed by atoms with Gasteiger partial charge in [-0.3, -0.25) is 14.4 Å². The summed E-state index contributed by atoms with van der Waals surface area (Å²) in [6, 6.07) is 10.1. The normalized spacial score (nSPS) is 10.9. The first-order valence-corrected chi connectivity index (χ1v) is 8.14. The molecule has 28 heavy (non-hydrogen) atoms. The first-order valence-electron chi connectivity index (χ1n) is 8.14. The number of alkyl halides is 3. The summed E-state index contributed by atoms with van der Waals surface area (Å²) < 4.78 is 42.7. The third kappa shape index (κ3) is 6.11. The SMILES string of the molecule is COC(=O)CCC(=O)Nc1cccc(C(=O)Nc2cccc(C(F)(F)F)c2)c1. The molecule has 0 radical (unpaired) electrons. The summed E-state index contributed by atoms with van der Waals surface area (Å²) in [5.74, 6) is -1.60. The zero-order chi connectivity index (χ0) is 20.7. The van der Waals surface area contributed by atoms with Gasteiger partial charge in [-0.2, -0.15) is 13.2 Å². The number of hydrogen-bond donors (Lipinski definition) is 2. The molecule has 9 heteroatoms. The number of nitrogens with one attached hydrogen (secondary N) is 2. The van der Waals surface area contributed by atoms with Gasteiger partial charge in [0.15, 0.2) is 0 Å². The maximum Gasteiger partial charge on any atom is 0.416 e. The van der Waals surface area contributed by atoms with Crippen LogP contribution < -0.4 is 10.6 Å². The molecule has 0 saturated heterocycles. The van der Waals surface area contributed by atoms with Crippen molar-refractivity contribution in [1.29, 1.82) is 0 Å². The summed E-state index contributed by atoms with van der Waals surface area (Å²) in [6.07, 6.45) is -4.69. The fraction of sp³-hybridized carbons (Fsp3) is 0.211. The van der Waals surface area contributed by atoms with Crippen LogP contribution in [0.2, 0.25) is 0 Å². The molecule has 0 spiro atoms. The predicted molar refractivity (Wildman–Crippen MR) is 95.7 cm³/mol. The molecule has 2 amide bonds. The van der Waals surface area contributed by atoms with Crippen LogP contribution in [-0.4, -0.2) is 24.9 Å². The molecule has 0 aliphatic heterocycles. The molecule has 6 nitrogen and oxygen atoms in total. The Balaban J connectivity index is 2.04. The maximum atomic E-state index is 12.8. The van der Waals surface area contributed by atoms with Gasteiger partial charge in [-0.1, -0.05) is 12.1 Å². The van der Waals surface area contributed by atoms with Crippen LogP contribution in [0.15, 0.2) is 48.5 Å². The number of ether oxygens (including phenoxy) is 1. The van der Waals surface area contributed by atoms with E-state index in [0.717, 1.165) is 12.1 Å². The molecule has 2 aromatic carbocycles. The van der Waals surface area contributed by atoms with Crippen molar-refractivity contribution >= 4 is 29.2 Å². The molecule has 0 unspecified atom stereocenters. The van der Waals surface area contributed by atoms with Crippen molar-refractivity contribution in [2.75, 3.05) is 17.7 Å². The van der Waals surface area contributed by atoms with Crippen LogP contribution in [0.5, 0.6) is 0 Å². The maximum absolute atomic E-state index is 12.8. The first kappa shape index (κ1) is 20.9. The van der Waals surface area contributed by atoms with Crippen LogP contribution in [-0.2, 0) is 20.5 Å². The Bertz CT molecular complexity index is 881. The number of anilines is 2. The number of carbonyl (C=O) groups is 3. The zero-order valence-corrected chi connectivity index (χ0v) is 14.8. The third-order valence-electron chi connectivity index (χ3n) is 3.64. The molecule has 0 atom stereocenters. The summed E-state index contributed by atoms with van der Waals surface area (Å²) in [4.78, 5) is 35.2. The Labute approximate surface area is 158 Å². The Morgan fingerprint density at radius 3 is 2.21 bits per heavy atom. The van der Waals surface area contributed by atoms with Crippen molar-refractivity contribution in [3.8, 4) is 0 Å². The van der Waals surface area contributed by atoms with Gasteiger partial charge < -0.3 is 15.4 Å². The highest BCUT2D eigenvalue weighted by atomic mass is 19.4. The minimum absolute atomic E-state index is 0.00709. The number of rotatable bonds is 6. The van der Waals surface area contributed by atoms with E-state index in [1.54, 1.807) is 0 Å². The van der Waals surface area contributed by atoms with E-state index in [4.69, 9.17) is 0 Å². The second kappa shape index (κ2) is 9.03. The van der Waals surface area contributed by atoms with Crippen LogP contribution in [0.25, 0.3) is 0 Å². The van der Waals surface area contributed by atoms with Crippen molar-refractivity contribution in [2.45, 2.75) is 19.0 Å². The molecular formula is C19H17F3N2O4. The van der Waals surface area contributed by atoms with Crippen LogP contribution in [0, 0.1) is 0 Å². The highest BCUT2D eigenvalue weighted by Crippen LogP contribution is 2.30. The van der Waals surface area contributed by atoms with Gasteiger partial charge >= 0.3 is 12.1 Å². The predicted octanol–water partition coefficient (Wildman–Crippen LogP) is 3.85. The lowest BCUT2D eigenvalue weighted by atomic mass is 10.1. The fourth-order valence-corrected chi connectivity index (χ4v) is 2.26. The number of halogens is 3. The van der Waals surface area contributed by atoms with E-state index >= 15 is 0 Å². The van der Waals surface area contributed by atoms with Crippen molar-refractivity contribution < 1.29 is 32.3 Å². The average Bonchev–Trinajstić information content (AvgIpc) is 2.65. The molecule has 0 heterocycles. The second-order valence-electron chi connectivity index (χ2n) is 5.74. The standard InChI is InChI=1S/C19H17F3N2O4/c1-28-17(26)9-8-16(25)23-14-6-2-4-12(10-14)18(27)24-15-7-3-5-13(11-15)19(20,21)22/h2-7,10-11H,8-9H2,1H3,(H,23,25)(H,24,27). The number of esters is 1. The van der Waals surface area contributed by atoms with Crippen molar-refractivity contribution in [3.05, 3.63) is 59.7 Å². The van der Waals surface area contributed by atoms with Crippen LogP contribution in [0.1, 0.15) is 28.8 Å². The van der Waals surface area contributed by atoms with Crippen molar-refractivity contribution in [1.82, 2.24) is 0 Å². The number of methoxy groups -OCH3 is 1. The molecule has 2 N–H and O–H groups in total. The van der Waals surface area contributed by atoms with Gasteiger partial charge in [-0.05, 0) is 36.4 Å². The van der Waals surface area contributed by atoms with Crippen LogP contribution >= 0.6 is 0 Å². The lowest BCUT2D eigenvalue weighted by Crippen LogP contribution is -2.16. The summed E-state index contributed by atoms with van der Waals surface area (Å²) in [6.45, 7) is 0. The Kier molecular flexibility index (Phi) is 6.75. The quantitative estimate of drug-likeness (QED) is 0.729. The van der Waals surface area contributed by atoms with Gasteiger partial charge in [0.25, 0.3) is 5.91 Å². The molecule has 0 bridgehead atoms. The number of carbonyl (C=O) groups excluding carboxylic acids is 3. The smallest absolute Gasteiger partial charge is 0.416 e. The molecule has 0 aliphatic carbocycles. The summed E-state index contributed by atoms with van der Waals surface area (Å²) in [7, 11) is 1.22. The van der Waals surface area contributed by atoms with E-state index in [0.29, 0.717) is 5.69 Å². The summed E-state index contributed by atoms with van der Waals surface area (Å²) in [5, 5.41) is 4.92. The van der Waals surface area contributed by atoms with E-state index in [-0.39, 0.29) is 24.1 Å². The van der Waals surface area contributed by atoms with Gasteiger partial charge in [0.05, 0.1) is 19.1 Å². The molecule has 0 aromatic heterocycles. The molecule has 0 aliphatic rings. The topological polar surface area (TPSA) is 84.5 Å². The van der Waals surface area contributed by atoms with Gasteiger partial charge in [0.1, 0.15) is 0 Å². The molecule has 0 fully saturated rings. The van der Waals surface area contributed by atoms with Crippen molar-refractivity contribution in [3.63, 3.8) is 0 Å². The number of benzene rings is 2. The van der Waals surface area contributed by atoms with Gasteiger partial charge in [-0.25, -0.2) is 0 Å². The van der Waals surface area contributed by atoms with Crippen LogP contribution in [0.3, 0.4) is 0 Å². The summed E-state index contributed by atoms with van der Waals surface area (Å²) in [5.41, 5.74) is -0.431. The number of hydrogen-bond acceptors (Lipinski definition) is 4. The third-order valence-corrected chi connectivity index (χ3v) is 3.64. The minimum Gasteiger partial charge on any atom is -0.469 e. The van der Waals surface area contributed by atoms with Crippen LogP contribution in [0.4, 0.5) is 24.5 Å². The Morgan fingerprint density at radius 1 is 0.929 bits per heavy atom. The Morgan fingerprint density at radius 2 is 1.57 bits per heavy atom. The molecular weight excluding hydrogens is 377 g/mol. The number of amides is 2. The lowest BCUT2D eigenvalue weighted by molar-refractivity contribution is -0.141. The molecule has 2 aromatic rings. The molecule has 148 valence electrons. The van der Waals surface area contributed by atoms with E-state index in [2.05, 4.69) is 15.4 Å². The zero-order valence-electron chi connectivity index (χ0n) is 14.8. The molecule has 2 rings (SSSR count).